The first kappa shape index (κ1) is 32.4. The molecule has 1 atom stereocenters. The van der Waals surface area contributed by atoms with Gasteiger partial charge in [0.2, 0.25) is 0 Å². The van der Waals surface area contributed by atoms with Crippen LogP contribution in [-0.4, -0.2) is 70.6 Å². The molecule has 2 aliphatic heterocycles. The van der Waals surface area contributed by atoms with Crippen molar-refractivity contribution in [3.8, 4) is 5.75 Å². The third kappa shape index (κ3) is 6.68. The molecule has 0 saturated carbocycles. The summed E-state index contributed by atoms with van der Waals surface area (Å²) in [5.41, 5.74) is -1.16. The maximum absolute atomic E-state index is 15.9. The Hall–Kier alpha value is -4.00. The molecule has 244 valence electrons. The van der Waals surface area contributed by atoms with E-state index in [1.54, 1.807) is 39.8 Å². The second-order valence-corrected chi connectivity index (χ2v) is 12.7. The van der Waals surface area contributed by atoms with Crippen LogP contribution in [0.25, 0.3) is 10.9 Å². The zero-order valence-electron chi connectivity index (χ0n) is 26.2. The predicted molar refractivity (Wildman–Crippen MR) is 165 cm³/mol. The molecule has 2 fully saturated rings. The van der Waals surface area contributed by atoms with Crippen LogP contribution in [0.1, 0.15) is 57.7 Å². The fourth-order valence-electron chi connectivity index (χ4n) is 5.97. The summed E-state index contributed by atoms with van der Waals surface area (Å²) in [7, 11) is 1.49. The molecule has 0 bridgehead atoms. The summed E-state index contributed by atoms with van der Waals surface area (Å²) in [6.45, 7) is 9.22. The summed E-state index contributed by atoms with van der Waals surface area (Å²) in [5, 5.41) is 14.4. The molecule has 2 aliphatic rings. The molecule has 2 saturated heterocycles. The number of nitrogens with one attached hydrogen (secondary N) is 1. The summed E-state index contributed by atoms with van der Waals surface area (Å²) in [6, 6.07) is 6.37. The van der Waals surface area contributed by atoms with Gasteiger partial charge in [-0.2, -0.15) is 4.98 Å². The molecule has 5 rings (SSSR count). The zero-order chi connectivity index (χ0) is 32.7. The molecule has 0 unspecified atom stereocenters. The number of morpholine rings is 1. The Morgan fingerprint density at radius 1 is 1.13 bits per heavy atom. The minimum Gasteiger partial charge on any atom is -0.506 e. The van der Waals surface area contributed by atoms with Crippen LogP contribution in [0.15, 0.2) is 35.1 Å². The highest BCUT2D eigenvalue weighted by molar-refractivity contribution is 5.96. The van der Waals surface area contributed by atoms with Crippen molar-refractivity contribution >= 4 is 28.5 Å². The number of phenols is 1. The molecular formula is C32H40F3N5O5. The quantitative estimate of drug-likeness (QED) is 0.366. The van der Waals surface area contributed by atoms with Gasteiger partial charge in [-0.25, -0.2) is 22.8 Å². The Morgan fingerprint density at radius 2 is 1.80 bits per heavy atom. The number of piperidine rings is 1. The van der Waals surface area contributed by atoms with Gasteiger partial charge in [0.05, 0.1) is 30.3 Å². The predicted octanol–water partition coefficient (Wildman–Crippen LogP) is 5.53. The van der Waals surface area contributed by atoms with Gasteiger partial charge in [-0.1, -0.05) is 18.2 Å². The van der Waals surface area contributed by atoms with Crippen LogP contribution in [0.4, 0.5) is 29.5 Å². The number of nitrogens with zero attached hydrogens (tertiary/aromatic N) is 4. The number of amides is 1. The molecule has 3 heterocycles. The van der Waals surface area contributed by atoms with Crippen molar-refractivity contribution in [1.82, 2.24) is 14.5 Å². The lowest BCUT2D eigenvalue weighted by atomic mass is 9.85. The first-order chi connectivity index (χ1) is 21.2. The van der Waals surface area contributed by atoms with Crippen LogP contribution < -0.4 is 15.9 Å². The third-order valence-electron chi connectivity index (χ3n) is 8.40. The Morgan fingerprint density at radius 3 is 2.44 bits per heavy atom. The summed E-state index contributed by atoms with van der Waals surface area (Å²) < 4.78 is 59.7. The average Bonchev–Trinajstić information content (AvgIpc) is 2.99. The SMILES string of the molecule is C[C@@H](Nc1nc(=O)n(C)c2c(O)cc(N3CCOCC3)cc12)c1cccc(C(F)(F)C2CCN(C(=O)OC(C)(C)C)CC2)c1F. The van der Waals surface area contributed by atoms with E-state index < -0.39 is 46.6 Å². The van der Waals surface area contributed by atoms with E-state index in [-0.39, 0.29) is 48.6 Å². The lowest BCUT2D eigenvalue weighted by Crippen LogP contribution is -2.44. The number of aromatic nitrogens is 2. The maximum Gasteiger partial charge on any atom is 0.410 e. The molecule has 1 aromatic heterocycles. The number of alkyl halides is 2. The number of rotatable bonds is 6. The number of fused-ring (bicyclic) bond motifs is 1. The van der Waals surface area contributed by atoms with E-state index in [0.29, 0.717) is 37.4 Å². The van der Waals surface area contributed by atoms with Crippen molar-refractivity contribution in [3.05, 3.63) is 57.8 Å². The third-order valence-corrected chi connectivity index (χ3v) is 8.40. The number of phenolic OH excluding ortho intramolecular Hbond substituents is 1. The van der Waals surface area contributed by atoms with E-state index in [0.717, 1.165) is 6.07 Å². The first-order valence-electron chi connectivity index (χ1n) is 15.1. The van der Waals surface area contributed by atoms with Crippen molar-refractivity contribution in [2.24, 2.45) is 13.0 Å². The summed E-state index contributed by atoms with van der Waals surface area (Å²) in [4.78, 5) is 32.7. The van der Waals surface area contributed by atoms with Crippen molar-refractivity contribution in [2.45, 2.75) is 58.1 Å². The Bertz CT molecular complexity index is 1630. The average molecular weight is 632 g/mol. The lowest BCUT2D eigenvalue weighted by molar-refractivity contribution is -0.0885. The van der Waals surface area contributed by atoms with E-state index in [2.05, 4.69) is 10.3 Å². The minimum absolute atomic E-state index is 0.0120. The standard InChI is InChI=1S/C32H40F3N5O5/c1-19(36-28-23-17-21(39-13-15-44-16-14-39)18-25(41)27(23)38(5)29(42)37-28)22-7-6-8-24(26(22)33)32(34,35)20-9-11-40(12-10-20)30(43)45-31(2,3)4/h6-8,17-20,41H,9-16H2,1-5H3,(H,36,37,42)/t19-/m1/s1. The number of hydrogen-bond donors (Lipinski definition) is 2. The largest absolute Gasteiger partial charge is 0.506 e. The molecule has 0 aliphatic carbocycles. The van der Waals surface area contributed by atoms with Gasteiger partial charge in [0.15, 0.2) is 0 Å². The topological polar surface area (TPSA) is 109 Å². The number of aryl methyl sites for hydroxylation is 1. The van der Waals surface area contributed by atoms with Crippen LogP contribution in [0.3, 0.4) is 0 Å². The molecule has 3 aromatic rings. The van der Waals surface area contributed by atoms with Gasteiger partial charge >= 0.3 is 11.8 Å². The van der Waals surface area contributed by atoms with Crippen molar-refractivity contribution in [2.75, 3.05) is 49.6 Å². The summed E-state index contributed by atoms with van der Waals surface area (Å²) in [6.07, 6.45) is -0.580. The number of aromatic hydroxyl groups is 1. The van der Waals surface area contributed by atoms with Crippen LogP contribution in [0.5, 0.6) is 5.75 Å². The van der Waals surface area contributed by atoms with Crippen molar-refractivity contribution < 1.29 is 32.5 Å². The lowest BCUT2D eigenvalue weighted by Gasteiger charge is -2.37. The van der Waals surface area contributed by atoms with Gasteiger partial charge in [-0.05, 0) is 46.6 Å². The summed E-state index contributed by atoms with van der Waals surface area (Å²) >= 11 is 0. The summed E-state index contributed by atoms with van der Waals surface area (Å²) in [5.74, 6) is -5.75. The van der Waals surface area contributed by atoms with Gasteiger partial charge in [-0.3, -0.25) is 4.57 Å². The Kier molecular flexibility index (Phi) is 8.94. The number of carbonyl (C=O) groups is 1. The number of likely N-dealkylation sites (tertiary alicyclic amines) is 1. The number of carbonyl (C=O) groups excluding carboxylic acids is 1. The van der Waals surface area contributed by atoms with Crippen LogP contribution >= 0.6 is 0 Å². The monoisotopic (exact) mass is 631 g/mol. The van der Waals surface area contributed by atoms with Crippen molar-refractivity contribution in [1.29, 1.82) is 0 Å². The van der Waals surface area contributed by atoms with E-state index in [9.17, 15) is 14.7 Å². The first-order valence-corrected chi connectivity index (χ1v) is 15.1. The molecule has 0 spiro atoms. The normalized spacial score (nSPS) is 17.4. The van der Waals surface area contributed by atoms with E-state index in [4.69, 9.17) is 9.47 Å². The number of halogens is 3. The van der Waals surface area contributed by atoms with Crippen LogP contribution in [0, 0.1) is 11.7 Å². The number of hydrogen-bond acceptors (Lipinski definition) is 8. The maximum atomic E-state index is 15.9. The van der Waals surface area contributed by atoms with E-state index in [1.165, 1.54) is 28.6 Å². The minimum atomic E-state index is -3.49. The zero-order valence-corrected chi connectivity index (χ0v) is 26.2. The Labute approximate surface area is 259 Å². The fraction of sp³-hybridized carbons (Fsp3) is 0.531. The highest BCUT2D eigenvalue weighted by Gasteiger charge is 2.46. The van der Waals surface area contributed by atoms with Gasteiger partial charge in [-0.15, -0.1) is 0 Å². The van der Waals surface area contributed by atoms with Gasteiger partial charge in [0.1, 0.15) is 23.0 Å². The highest BCUT2D eigenvalue weighted by Crippen LogP contribution is 2.44. The van der Waals surface area contributed by atoms with Gasteiger partial charge < -0.3 is 29.7 Å². The molecule has 2 aromatic carbocycles. The van der Waals surface area contributed by atoms with Crippen LogP contribution in [-0.2, 0) is 22.4 Å². The highest BCUT2D eigenvalue weighted by atomic mass is 19.3. The molecule has 2 N–H and O–H groups in total. The molecule has 13 heteroatoms. The van der Waals surface area contributed by atoms with E-state index >= 15 is 13.2 Å². The molecule has 0 radical (unpaired) electrons. The Balaban J connectivity index is 1.40. The molecule has 10 nitrogen and oxygen atoms in total. The number of ether oxygens (including phenoxy) is 2. The smallest absolute Gasteiger partial charge is 0.410 e. The van der Waals surface area contributed by atoms with Crippen LogP contribution in [0.2, 0.25) is 0 Å². The second kappa shape index (κ2) is 12.4. The van der Waals surface area contributed by atoms with Crippen molar-refractivity contribution in [3.63, 3.8) is 0 Å². The van der Waals surface area contributed by atoms with Gasteiger partial charge in [0, 0.05) is 61.8 Å². The molecular weight excluding hydrogens is 591 g/mol. The van der Waals surface area contributed by atoms with E-state index in [1.807, 2.05) is 4.90 Å². The molecule has 1 amide bonds. The number of benzene rings is 2. The fourth-order valence-corrected chi connectivity index (χ4v) is 5.97. The van der Waals surface area contributed by atoms with Gasteiger partial charge in [0.25, 0.3) is 5.92 Å². The second-order valence-electron chi connectivity index (χ2n) is 12.7. The molecule has 45 heavy (non-hydrogen) atoms. The number of anilines is 2.